The van der Waals surface area contributed by atoms with Crippen LogP contribution in [0.1, 0.15) is 21.9 Å². The van der Waals surface area contributed by atoms with Gasteiger partial charge < -0.3 is 18.6 Å². The van der Waals surface area contributed by atoms with Crippen molar-refractivity contribution in [2.24, 2.45) is 0 Å². The Hall–Kier alpha value is -2.43. The van der Waals surface area contributed by atoms with E-state index in [-0.39, 0.29) is 11.5 Å². The highest BCUT2D eigenvalue weighted by atomic mass is 16.5. The Morgan fingerprint density at radius 2 is 1.55 bits per heavy atom. The highest BCUT2D eigenvalue weighted by Crippen LogP contribution is 2.35. The normalized spacial score (nSPS) is 10.2. The molecule has 0 amide bonds. The molecule has 1 aromatic carbocycles. The van der Waals surface area contributed by atoms with E-state index < -0.39 is 0 Å². The molecule has 106 valence electrons. The van der Waals surface area contributed by atoms with Crippen LogP contribution in [0.15, 0.2) is 28.7 Å². The minimum absolute atomic E-state index is 0.257. The number of carbonyl (C=O) groups excluding carboxylic acids is 1. The molecule has 5 heteroatoms. The minimum atomic E-state index is -0.268. The number of ketones is 1. The summed E-state index contributed by atoms with van der Waals surface area (Å²) in [5, 5.41) is 0. The van der Waals surface area contributed by atoms with Crippen molar-refractivity contribution < 1.29 is 23.4 Å². The zero-order valence-electron chi connectivity index (χ0n) is 11.9. The number of carbonyl (C=O) groups is 1. The monoisotopic (exact) mass is 276 g/mol. The van der Waals surface area contributed by atoms with Crippen molar-refractivity contribution in [3.05, 3.63) is 41.3 Å². The Labute approximate surface area is 117 Å². The molecule has 1 heterocycles. The van der Waals surface area contributed by atoms with E-state index in [2.05, 4.69) is 0 Å². The van der Waals surface area contributed by atoms with E-state index in [4.69, 9.17) is 18.6 Å². The van der Waals surface area contributed by atoms with Crippen LogP contribution in [-0.2, 0) is 0 Å². The highest BCUT2D eigenvalue weighted by Gasteiger charge is 2.21. The highest BCUT2D eigenvalue weighted by molar-refractivity contribution is 6.09. The third kappa shape index (κ3) is 2.47. The molecule has 0 N–H and O–H groups in total. The Morgan fingerprint density at radius 1 is 0.950 bits per heavy atom. The first-order valence-electron chi connectivity index (χ1n) is 6.01. The Kier molecular flexibility index (Phi) is 3.98. The van der Waals surface area contributed by atoms with Gasteiger partial charge in [-0.15, -0.1) is 0 Å². The van der Waals surface area contributed by atoms with Gasteiger partial charge >= 0.3 is 0 Å². The molecule has 5 nitrogen and oxygen atoms in total. The Bertz CT molecular complexity index is 627. The second-order valence-corrected chi connectivity index (χ2v) is 4.15. The van der Waals surface area contributed by atoms with Crippen LogP contribution in [0.2, 0.25) is 0 Å². The number of hydrogen-bond acceptors (Lipinski definition) is 5. The van der Waals surface area contributed by atoms with Gasteiger partial charge in [-0.3, -0.25) is 4.79 Å². The summed E-state index contributed by atoms with van der Waals surface area (Å²) in [5.74, 6) is 2.02. The summed E-state index contributed by atoms with van der Waals surface area (Å²) in [6.07, 6.45) is 0. The molecular formula is C15H16O5. The van der Waals surface area contributed by atoms with E-state index in [9.17, 15) is 4.79 Å². The fraction of sp³-hybridized carbons (Fsp3) is 0.267. The van der Waals surface area contributed by atoms with Crippen LogP contribution in [-0.4, -0.2) is 27.1 Å². The van der Waals surface area contributed by atoms with Gasteiger partial charge in [0.2, 0.25) is 5.78 Å². The predicted molar refractivity (Wildman–Crippen MR) is 73.0 cm³/mol. The van der Waals surface area contributed by atoms with Crippen LogP contribution in [0, 0.1) is 6.92 Å². The van der Waals surface area contributed by atoms with Crippen LogP contribution >= 0.6 is 0 Å². The summed E-state index contributed by atoms with van der Waals surface area (Å²) >= 11 is 0. The third-order valence-corrected chi connectivity index (χ3v) is 2.91. The molecule has 0 unspecified atom stereocenters. The quantitative estimate of drug-likeness (QED) is 0.786. The molecule has 0 fully saturated rings. The van der Waals surface area contributed by atoms with Gasteiger partial charge in [-0.25, -0.2) is 0 Å². The molecule has 0 aliphatic heterocycles. The molecule has 0 atom stereocenters. The number of methoxy groups -OCH3 is 3. The molecule has 0 saturated heterocycles. The fourth-order valence-corrected chi connectivity index (χ4v) is 1.90. The third-order valence-electron chi connectivity index (χ3n) is 2.91. The predicted octanol–water partition coefficient (Wildman–Crippen LogP) is 2.84. The maximum Gasteiger partial charge on any atom is 0.232 e. The lowest BCUT2D eigenvalue weighted by molar-refractivity contribution is 0.100. The number of rotatable bonds is 5. The van der Waals surface area contributed by atoms with Gasteiger partial charge in [0.15, 0.2) is 17.3 Å². The summed E-state index contributed by atoms with van der Waals surface area (Å²) in [7, 11) is 4.52. The van der Waals surface area contributed by atoms with E-state index in [0.29, 0.717) is 28.6 Å². The van der Waals surface area contributed by atoms with Gasteiger partial charge in [-0.05, 0) is 25.1 Å². The van der Waals surface area contributed by atoms with Gasteiger partial charge in [-0.2, -0.15) is 0 Å². The van der Waals surface area contributed by atoms with Crippen molar-refractivity contribution in [3.63, 3.8) is 0 Å². The lowest BCUT2D eigenvalue weighted by Crippen LogP contribution is -2.04. The summed E-state index contributed by atoms with van der Waals surface area (Å²) in [6, 6.07) is 6.56. The average Bonchev–Trinajstić information content (AvgIpc) is 2.91. The van der Waals surface area contributed by atoms with E-state index >= 15 is 0 Å². The van der Waals surface area contributed by atoms with Crippen molar-refractivity contribution in [1.82, 2.24) is 0 Å². The smallest absolute Gasteiger partial charge is 0.232 e. The van der Waals surface area contributed by atoms with Crippen LogP contribution in [0.5, 0.6) is 17.2 Å². The van der Waals surface area contributed by atoms with Crippen LogP contribution < -0.4 is 14.2 Å². The molecule has 0 saturated carbocycles. The molecule has 1 aromatic heterocycles. The number of ether oxygens (including phenoxy) is 3. The summed E-state index contributed by atoms with van der Waals surface area (Å²) < 4.78 is 21.0. The maximum absolute atomic E-state index is 12.4. The van der Waals surface area contributed by atoms with Crippen molar-refractivity contribution in [3.8, 4) is 17.2 Å². The lowest BCUT2D eigenvalue weighted by atomic mass is 10.1. The molecule has 2 rings (SSSR count). The van der Waals surface area contributed by atoms with Crippen molar-refractivity contribution in [2.75, 3.05) is 21.3 Å². The second-order valence-electron chi connectivity index (χ2n) is 4.15. The SMILES string of the molecule is COc1cc(OC)c(C(=O)c2ccc(C)o2)cc1OC. The van der Waals surface area contributed by atoms with Gasteiger partial charge in [0, 0.05) is 6.07 Å². The molecule has 20 heavy (non-hydrogen) atoms. The zero-order chi connectivity index (χ0) is 14.7. The molecule has 0 spiro atoms. The van der Waals surface area contributed by atoms with Gasteiger partial charge in [0.05, 0.1) is 26.9 Å². The Morgan fingerprint density at radius 3 is 2.05 bits per heavy atom. The van der Waals surface area contributed by atoms with Gasteiger partial charge in [0.1, 0.15) is 11.5 Å². The van der Waals surface area contributed by atoms with Crippen molar-refractivity contribution in [2.45, 2.75) is 6.92 Å². The number of furan rings is 1. The topological polar surface area (TPSA) is 57.9 Å². The first-order chi connectivity index (χ1) is 9.60. The first-order valence-corrected chi connectivity index (χ1v) is 6.01. The largest absolute Gasteiger partial charge is 0.496 e. The van der Waals surface area contributed by atoms with E-state index in [1.165, 1.54) is 21.3 Å². The molecule has 0 radical (unpaired) electrons. The standard InChI is InChI=1S/C15H16O5/c1-9-5-6-11(20-9)15(16)10-7-13(18-3)14(19-4)8-12(10)17-2/h5-8H,1-4H3. The fourth-order valence-electron chi connectivity index (χ4n) is 1.90. The van der Waals surface area contributed by atoms with Crippen LogP contribution in [0.25, 0.3) is 0 Å². The summed E-state index contributed by atoms with van der Waals surface area (Å²) in [4.78, 5) is 12.4. The maximum atomic E-state index is 12.4. The first kappa shape index (κ1) is 14.0. The Balaban J connectivity index is 2.52. The van der Waals surface area contributed by atoms with Crippen LogP contribution in [0.3, 0.4) is 0 Å². The molecular weight excluding hydrogens is 260 g/mol. The molecule has 0 aliphatic rings. The van der Waals surface area contributed by atoms with E-state index in [1.54, 1.807) is 31.2 Å². The number of benzene rings is 1. The average molecular weight is 276 g/mol. The molecule has 0 bridgehead atoms. The summed E-state index contributed by atoms with van der Waals surface area (Å²) in [6.45, 7) is 1.78. The number of aryl methyl sites for hydroxylation is 1. The van der Waals surface area contributed by atoms with E-state index in [0.717, 1.165) is 0 Å². The molecule has 2 aromatic rings. The summed E-state index contributed by atoms with van der Waals surface area (Å²) in [5.41, 5.74) is 0.361. The number of hydrogen-bond donors (Lipinski definition) is 0. The van der Waals surface area contributed by atoms with E-state index in [1.807, 2.05) is 0 Å². The van der Waals surface area contributed by atoms with Crippen molar-refractivity contribution in [1.29, 1.82) is 0 Å². The minimum Gasteiger partial charge on any atom is -0.496 e. The second kappa shape index (κ2) is 5.69. The van der Waals surface area contributed by atoms with Crippen molar-refractivity contribution >= 4 is 5.78 Å². The zero-order valence-corrected chi connectivity index (χ0v) is 11.9. The molecule has 0 aliphatic carbocycles. The van der Waals surface area contributed by atoms with Gasteiger partial charge in [-0.1, -0.05) is 0 Å². The van der Waals surface area contributed by atoms with Crippen LogP contribution in [0.4, 0.5) is 0 Å². The lowest BCUT2D eigenvalue weighted by Gasteiger charge is -2.12. The van der Waals surface area contributed by atoms with Gasteiger partial charge in [0.25, 0.3) is 0 Å².